The van der Waals surface area contributed by atoms with Crippen molar-refractivity contribution in [1.29, 1.82) is 0 Å². The van der Waals surface area contributed by atoms with Crippen LogP contribution in [-0.4, -0.2) is 41.8 Å². The zero-order valence-corrected chi connectivity index (χ0v) is 25.7. The van der Waals surface area contributed by atoms with Gasteiger partial charge < -0.3 is 20.1 Å². The second kappa shape index (κ2) is 11.4. The molecule has 3 aliphatic rings. The maximum Gasteiger partial charge on any atom is 0.329 e. The first-order chi connectivity index (χ1) is 20.2. The van der Waals surface area contributed by atoms with Crippen LogP contribution in [0.15, 0.2) is 60.8 Å². The molecule has 0 bridgehead atoms. The monoisotopic (exact) mass is 587 g/mol. The van der Waals surface area contributed by atoms with E-state index in [1.807, 2.05) is 36.5 Å². The SMILES string of the molecule is CC1CCN(C)c2nccc(OC[C@H](C)CC3Cc4ccccc4C34CCC(Nc3cccc(Cl)c3)(C(=O)O)CC4)c21. The standard InChI is InChI=1S/C35H42ClN3O3/c1-23(22-42-30-11-17-37-32-31(30)24(2)12-18-39(32)3)19-26-20-25-7-4-5-10-29(25)34(26)13-15-35(16-14-34,33(40)41)38-28-9-6-8-27(36)21-28/h4-11,17,21,23-24,26,38H,12-16,18-20,22H2,1-3H3,(H,40,41)/t23-,24?,26?,34?,35?/m1/s1. The third kappa shape index (κ3) is 5.23. The number of carbonyl (C=O) groups is 1. The fraction of sp³-hybridized carbons (Fsp3) is 0.486. The maximum absolute atomic E-state index is 12.7. The number of nitrogens with zero attached hydrogens (tertiary/aromatic N) is 2. The topological polar surface area (TPSA) is 74.7 Å². The second-order valence-corrected chi connectivity index (χ2v) is 13.5. The fourth-order valence-corrected chi connectivity index (χ4v) is 8.16. The van der Waals surface area contributed by atoms with E-state index in [9.17, 15) is 9.90 Å². The number of hydrogen-bond donors (Lipinski definition) is 2. The maximum atomic E-state index is 12.7. The van der Waals surface area contributed by atoms with Crippen molar-refractivity contribution in [2.24, 2.45) is 11.8 Å². The number of benzene rings is 2. The molecule has 2 heterocycles. The zero-order chi connectivity index (χ0) is 29.5. The molecule has 0 amide bonds. The van der Waals surface area contributed by atoms with E-state index < -0.39 is 11.5 Å². The second-order valence-electron chi connectivity index (χ2n) is 13.0. The van der Waals surface area contributed by atoms with Crippen molar-refractivity contribution in [3.63, 3.8) is 0 Å². The highest BCUT2D eigenvalue weighted by atomic mass is 35.5. The third-order valence-corrected chi connectivity index (χ3v) is 10.5. The van der Waals surface area contributed by atoms with Gasteiger partial charge in [0.15, 0.2) is 0 Å². The van der Waals surface area contributed by atoms with Crippen LogP contribution in [-0.2, 0) is 16.6 Å². The van der Waals surface area contributed by atoms with E-state index in [0.717, 1.165) is 55.9 Å². The molecule has 6 nitrogen and oxygen atoms in total. The lowest BCUT2D eigenvalue weighted by Gasteiger charge is -2.47. The van der Waals surface area contributed by atoms with Crippen LogP contribution < -0.4 is 15.0 Å². The van der Waals surface area contributed by atoms with E-state index in [-0.39, 0.29) is 5.41 Å². The van der Waals surface area contributed by atoms with Crippen LogP contribution in [0, 0.1) is 11.8 Å². The van der Waals surface area contributed by atoms with Gasteiger partial charge in [0.1, 0.15) is 17.1 Å². The van der Waals surface area contributed by atoms with Crippen LogP contribution in [0.25, 0.3) is 0 Å². The summed E-state index contributed by atoms with van der Waals surface area (Å²) in [6, 6.07) is 18.2. The summed E-state index contributed by atoms with van der Waals surface area (Å²) >= 11 is 6.22. The minimum atomic E-state index is -1.00. The van der Waals surface area contributed by atoms with Crippen LogP contribution >= 0.6 is 11.6 Å². The summed E-state index contributed by atoms with van der Waals surface area (Å²) < 4.78 is 6.52. The van der Waals surface area contributed by atoms with Crippen molar-refractivity contribution in [2.75, 3.05) is 30.4 Å². The number of carboxylic acid groups (broad SMARTS) is 1. The van der Waals surface area contributed by atoms with Crippen molar-refractivity contribution < 1.29 is 14.6 Å². The quantitative estimate of drug-likeness (QED) is 0.281. The minimum absolute atomic E-state index is 0.0210. The molecule has 2 aromatic carbocycles. The van der Waals surface area contributed by atoms with Crippen molar-refractivity contribution in [2.45, 2.75) is 75.7 Å². The normalized spacial score (nSPS) is 27.3. The van der Waals surface area contributed by atoms with Crippen molar-refractivity contribution >= 4 is 29.1 Å². The average Bonchev–Trinajstić information content (AvgIpc) is 3.27. The minimum Gasteiger partial charge on any atom is -0.493 e. The van der Waals surface area contributed by atoms with Gasteiger partial charge in [0.05, 0.1) is 6.61 Å². The molecular formula is C35H42ClN3O3. The number of nitrogens with one attached hydrogen (secondary N) is 1. The summed E-state index contributed by atoms with van der Waals surface area (Å²) in [6.45, 7) is 6.24. The van der Waals surface area contributed by atoms with Crippen molar-refractivity contribution in [3.8, 4) is 5.75 Å². The van der Waals surface area contributed by atoms with Crippen molar-refractivity contribution in [3.05, 3.63) is 82.5 Å². The molecular weight excluding hydrogens is 546 g/mol. The zero-order valence-electron chi connectivity index (χ0n) is 24.9. The Morgan fingerprint density at radius 3 is 2.71 bits per heavy atom. The van der Waals surface area contributed by atoms with E-state index >= 15 is 0 Å². The number of rotatable bonds is 8. The van der Waals surface area contributed by atoms with Gasteiger partial charge in [0, 0.05) is 36.1 Å². The molecule has 7 heteroatoms. The molecule has 3 atom stereocenters. The molecule has 42 heavy (non-hydrogen) atoms. The van der Waals surface area contributed by atoms with Gasteiger partial charge in [-0.3, -0.25) is 0 Å². The summed E-state index contributed by atoms with van der Waals surface area (Å²) in [5.74, 6) is 2.45. The van der Waals surface area contributed by atoms with E-state index in [0.29, 0.717) is 42.2 Å². The van der Waals surface area contributed by atoms with E-state index in [4.69, 9.17) is 16.3 Å². The number of aliphatic carboxylic acids is 1. The van der Waals surface area contributed by atoms with E-state index in [1.165, 1.54) is 16.7 Å². The molecule has 2 aliphatic carbocycles. The molecule has 1 spiro atoms. The van der Waals surface area contributed by atoms with Gasteiger partial charge >= 0.3 is 5.97 Å². The predicted molar refractivity (Wildman–Crippen MR) is 169 cm³/mol. The molecule has 2 unspecified atom stereocenters. The smallest absolute Gasteiger partial charge is 0.329 e. The van der Waals surface area contributed by atoms with Gasteiger partial charge in [-0.2, -0.15) is 0 Å². The number of carboxylic acids is 1. The summed E-state index contributed by atoms with van der Waals surface area (Å²) in [7, 11) is 2.11. The molecule has 222 valence electrons. The van der Waals surface area contributed by atoms with E-state index in [1.54, 1.807) is 0 Å². The average molecular weight is 588 g/mol. The van der Waals surface area contributed by atoms with Gasteiger partial charge in [-0.1, -0.05) is 55.8 Å². The molecule has 1 fully saturated rings. The number of fused-ring (bicyclic) bond motifs is 3. The van der Waals surface area contributed by atoms with Gasteiger partial charge in [-0.05, 0) is 104 Å². The Bertz CT molecular complexity index is 1450. The van der Waals surface area contributed by atoms with Crippen molar-refractivity contribution in [1.82, 2.24) is 4.98 Å². The number of halogens is 1. The first kappa shape index (κ1) is 28.9. The lowest BCUT2D eigenvalue weighted by molar-refractivity contribution is -0.144. The number of ether oxygens (including phenoxy) is 1. The third-order valence-electron chi connectivity index (χ3n) is 10.3. The Kier molecular flexibility index (Phi) is 7.86. The Morgan fingerprint density at radius 2 is 1.95 bits per heavy atom. The lowest BCUT2D eigenvalue weighted by atomic mass is 9.59. The highest BCUT2D eigenvalue weighted by Crippen LogP contribution is 2.56. The summed E-state index contributed by atoms with van der Waals surface area (Å²) in [6.07, 6.45) is 7.86. The summed E-state index contributed by atoms with van der Waals surface area (Å²) in [4.78, 5) is 19.6. The van der Waals surface area contributed by atoms with Crippen LogP contribution in [0.2, 0.25) is 5.02 Å². The Balaban J connectivity index is 1.19. The number of aromatic nitrogens is 1. The first-order valence-electron chi connectivity index (χ1n) is 15.4. The summed E-state index contributed by atoms with van der Waals surface area (Å²) in [5, 5.41) is 14.4. The van der Waals surface area contributed by atoms with Crippen LogP contribution in [0.4, 0.5) is 11.5 Å². The molecule has 1 saturated carbocycles. The van der Waals surface area contributed by atoms with Gasteiger partial charge in [-0.15, -0.1) is 0 Å². The number of hydrogen-bond acceptors (Lipinski definition) is 5. The Labute approximate surface area is 254 Å². The van der Waals surface area contributed by atoms with E-state index in [2.05, 4.69) is 60.4 Å². The first-order valence-corrected chi connectivity index (χ1v) is 15.8. The number of pyridine rings is 1. The Hall–Kier alpha value is -3.25. The fourth-order valence-electron chi connectivity index (χ4n) is 7.97. The molecule has 1 aliphatic heterocycles. The van der Waals surface area contributed by atoms with Gasteiger partial charge in [0.25, 0.3) is 0 Å². The van der Waals surface area contributed by atoms with Crippen LogP contribution in [0.1, 0.15) is 75.0 Å². The molecule has 3 aromatic rings. The molecule has 0 saturated heterocycles. The highest BCUT2D eigenvalue weighted by molar-refractivity contribution is 6.30. The van der Waals surface area contributed by atoms with Gasteiger partial charge in [0.2, 0.25) is 0 Å². The van der Waals surface area contributed by atoms with Crippen LogP contribution in [0.3, 0.4) is 0 Å². The van der Waals surface area contributed by atoms with Crippen LogP contribution in [0.5, 0.6) is 5.75 Å². The molecule has 2 N–H and O–H groups in total. The molecule has 1 aromatic heterocycles. The molecule has 6 rings (SSSR count). The predicted octanol–water partition coefficient (Wildman–Crippen LogP) is 7.70. The molecule has 0 radical (unpaired) electrons. The summed E-state index contributed by atoms with van der Waals surface area (Å²) in [5.41, 5.74) is 3.80. The number of anilines is 2. The Morgan fingerprint density at radius 1 is 1.17 bits per heavy atom. The largest absolute Gasteiger partial charge is 0.493 e. The lowest BCUT2D eigenvalue weighted by Crippen LogP contribution is -2.53. The van der Waals surface area contributed by atoms with Gasteiger partial charge in [-0.25, -0.2) is 9.78 Å². The highest BCUT2D eigenvalue weighted by Gasteiger charge is 2.54.